The van der Waals surface area contributed by atoms with E-state index in [2.05, 4.69) is 18.3 Å². The Morgan fingerprint density at radius 1 is 1.05 bits per heavy atom. The molecule has 0 amide bonds. The fourth-order valence-electron chi connectivity index (χ4n) is 1.83. The summed E-state index contributed by atoms with van der Waals surface area (Å²) in [6.45, 7) is 2.08. The Bertz CT molecular complexity index is 572. The predicted molar refractivity (Wildman–Crippen MR) is 81.5 cm³/mol. The van der Waals surface area contributed by atoms with E-state index in [-0.39, 0.29) is 6.04 Å². The summed E-state index contributed by atoms with van der Waals surface area (Å²) in [5, 5.41) is 4.48. The van der Waals surface area contributed by atoms with Crippen molar-refractivity contribution in [1.82, 2.24) is 0 Å². The molecule has 0 saturated heterocycles. The first-order valence-electron chi connectivity index (χ1n) is 5.95. The molecule has 0 fully saturated rings. The summed E-state index contributed by atoms with van der Waals surface area (Å²) in [5.41, 5.74) is 2.08. The van der Waals surface area contributed by atoms with Crippen LogP contribution in [-0.4, -0.2) is 7.11 Å². The molecular weight excluding hydrogens is 281 g/mol. The van der Waals surface area contributed by atoms with Gasteiger partial charge in [0.15, 0.2) is 0 Å². The van der Waals surface area contributed by atoms with Crippen molar-refractivity contribution < 1.29 is 4.74 Å². The van der Waals surface area contributed by atoms with Crippen LogP contribution in [0.2, 0.25) is 10.0 Å². The van der Waals surface area contributed by atoms with Gasteiger partial charge in [-0.2, -0.15) is 0 Å². The van der Waals surface area contributed by atoms with Gasteiger partial charge in [0, 0.05) is 11.7 Å². The van der Waals surface area contributed by atoms with Crippen molar-refractivity contribution in [3.8, 4) is 5.75 Å². The van der Waals surface area contributed by atoms with Gasteiger partial charge in [0.05, 0.1) is 17.2 Å². The van der Waals surface area contributed by atoms with Gasteiger partial charge in [-0.15, -0.1) is 0 Å². The SMILES string of the molecule is COc1cccc(C(C)Nc2ccc(Cl)c(Cl)c2)c1. The van der Waals surface area contributed by atoms with E-state index < -0.39 is 0 Å². The highest BCUT2D eigenvalue weighted by atomic mass is 35.5. The molecular formula is C15H15Cl2NO. The van der Waals surface area contributed by atoms with Crippen LogP contribution >= 0.6 is 23.2 Å². The Hall–Kier alpha value is -1.38. The van der Waals surface area contributed by atoms with E-state index in [0.29, 0.717) is 10.0 Å². The Kier molecular flexibility index (Phi) is 4.56. The number of ether oxygens (including phenoxy) is 1. The van der Waals surface area contributed by atoms with E-state index >= 15 is 0 Å². The van der Waals surface area contributed by atoms with Gasteiger partial charge in [0.25, 0.3) is 0 Å². The fraction of sp³-hybridized carbons (Fsp3) is 0.200. The highest BCUT2D eigenvalue weighted by Crippen LogP contribution is 2.28. The standard InChI is InChI=1S/C15H15Cl2NO/c1-10(11-4-3-5-13(8-11)19-2)18-12-6-7-14(16)15(17)9-12/h3-10,18H,1-2H3. The first kappa shape index (κ1) is 14.0. The third-order valence-electron chi connectivity index (χ3n) is 2.90. The van der Waals surface area contributed by atoms with E-state index in [1.807, 2.05) is 30.3 Å². The first-order chi connectivity index (χ1) is 9.10. The summed E-state index contributed by atoms with van der Waals surface area (Å²) in [4.78, 5) is 0. The summed E-state index contributed by atoms with van der Waals surface area (Å²) < 4.78 is 5.22. The maximum atomic E-state index is 6.00. The molecule has 2 aromatic carbocycles. The zero-order chi connectivity index (χ0) is 13.8. The molecule has 100 valence electrons. The Morgan fingerprint density at radius 3 is 2.53 bits per heavy atom. The molecule has 0 bridgehead atoms. The van der Waals surface area contributed by atoms with Gasteiger partial charge in [-0.25, -0.2) is 0 Å². The summed E-state index contributed by atoms with van der Waals surface area (Å²) >= 11 is 11.9. The monoisotopic (exact) mass is 295 g/mol. The van der Waals surface area contributed by atoms with Gasteiger partial charge in [-0.05, 0) is 42.8 Å². The minimum absolute atomic E-state index is 0.146. The van der Waals surface area contributed by atoms with Crippen molar-refractivity contribution in [3.63, 3.8) is 0 Å². The molecule has 1 atom stereocenters. The smallest absolute Gasteiger partial charge is 0.119 e. The van der Waals surface area contributed by atoms with Crippen molar-refractivity contribution >= 4 is 28.9 Å². The number of hydrogen-bond acceptors (Lipinski definition) is 2. The summed E-state index contributed by atoms with van der Waals surface area (Å²) in [6.07, 6.45) is 0. The molecule has 0 spiro atoms. The van der Waals surface area contributed by atoms with Gasteiger partial charge < -0.3 is 10.1 Å². The van der Waals surface area contributed by atoms with Crippen molar-refractivity contribution in [2.75, 3.05) is 12.4 Å². The average molecular weight is 296 g/mol. The van der Waals surface area contributed by atoms with Gasteiger partial charge in [0.2, 0.25) is 0 Å². The second kappa shape index (κ2) is 6.18. The maximum absolute atomic E-state index is 6.00. The molecule has 1 unspecified atom stereocenters. The second-order valence-corrected chi connectivity index (χ2v) is 5.09. The zero-order valence-electron chi connectivity index (χ0n) is 10.8. The molecule has 2 nitrogen and oxygen atoms in total. The fourth-order valence-corrected chi connectivity index (χ4v) is 2.13. The van der Waals surface area contributed by atoms with Gasteiger partial charge in [-0.1, -0.05) is 35.3 Å². The van der Waals surface area contributed by atoms with Crippen LogP contribution in [-0.2, 0) is 0 Å². The number of benzene rings is 2. The molecule has 0 radical (unpaired) electrons. The number of rotatable bonds is 4. The van der Waals surface area contributed by atoms with Crippen LogP contribution in [0.5, 0.6) is 5.75 Å². The molecule has 0 heterocycles. The topological polar surface area (TPSA) is 21.3 Å². The lowest BCUT2D eigenvalue weighted by Crippen LogP contribution is -2.06. The largest absolute Gasteiger partial charge is 0.497 e. The lowest BCUT2D eigenvalue weighted by Gasteiger charge is -2.16. The highest BCUT2D eigenvalue weighted by molar-refractivity contribution is 6.42. The van der Waals surface area contributed by atoms with Gasteiger partial charge in [0.1, 0.15) is 5.75 Å². The molecule has 0 aliphatic heterocycles. The molecule has 2 aromatic rings. The van der Waals surface area contributed by atoms with Crippen LogP contribution in [0.4, 0.5) is 5.69 Å². The molecule has 4 heteroatoms. The molecule has 0 aliphatic carbocycles. The van der Waals surface area contributed by atoms with Crippen LogP contribution < -0.4 is 10.1 Å². The molecule has 19 heavy (non-hydrogen) atoms. The van der Waals surface area contributed by atoms with Crippen LogP contribution in [0.1, 0.15) is 18.5 Å². The van der Waals surface area contributed by atoms with Crippen molar-refractivity contribution in [3.05, 3.63) is 58.1 Å². The molecule has 0 saturated carbocycles. The normalized spacial score (nSPS) is 12.0. The summed E-state index contributed by atoms with van der Waals surface area (Å²) in [5.74, 6) is 0.847. The third-order valence-corrected chi connectivity index (χ3v) is 3.64. The Morgan fingerprint density at radius 2 is 1.84 bits per heavy atom. The number of anilines is 1. The Labute approximate surface area is 123 Å². The number of halogens is 2. The van der Waals surface area contributed by atoms with E-state index in [0.717, 1.165) is 17.0 Å². The van der Waals surface area contributed by atoms with E-state index in [1.165, 1.54) is 0 Å². The van der Waals surface area contributed by atoms with E-state index in [9.17, 15) is 0 Å². The number of nitrogens with one attached hydrogen (secondary N) is 1. The zero-order valence-corrected chi connectivity index (χ0v) is 12.3. The van der Waals surface area contributed by atoms with Crippen molar-refractivity contribution in [1.29, 1.82) is 0 Å². The lowest BCUT2D eigenvalue weighted by molar-refractivity contribution is 0.414. The molecule has 0 aliphatic rings. The van der Waals surface area contributed by atoms with Crippen LogP contribution in [0.25, 0.3) is 0 Å². The van der Waals surface area contributed by atoms with Gasteiger partial charge in [-0.3, -0.25) is 0 Å². The van der Waals surface area contributed by atoms with E-state index in [4.69, 9.17) is 27.9 Å². The van der Waals surface area contributed by atoms with E-state index in [1.54, 1.807) is 13.2 Å². The molecule has 1 N–H and O–H groups in total. The minimum atomic E-state index is 0.146. The summed E-state index contributed by atoms with van der Waals surface area (Å²) in [6, 6.07) is 13.6. The van der Waals surface area contributed by atoms with Crippen LogP contribution in [0.15, 0.2) is 42.5 Å². The minimum Gasteiger partial charge on any atom is -0.497 e. The van der Waals surface area contributed by atoms with Gasteiger partial charge >= 0.3 is 0 Å². The molecule has 0 aromatic heterocycles. The predicted octanol–water partition coefficient (Wildman–Crippen LogP) is 5.18. The van der Waals surface area contributed by atoms with Crippen LogP contribution in [0.3, 0.4) is 0 Å². The maximum Gasteiger partial charge on any atom is 0.119 e. The van der Waals surface area contributed by atoms with Crippen molar-refractivity contribution in [2.24, 2.45) is 0 Å². The summed E-state index contributed by atoms with van der Waals surface area (Å²) in [7, 11) is 1.66. The quantitative estimate of drug-likeness (QED) is 0.839. The number of hydrogen-bond donors (Lipinski definition) is 1. The highest BCUT2D eigenvalue weighted by Gasteiger charge is 2.07. The average Bonchev–Trinajstić information content (AvgIpc) is 2.43. The van der Waals surface area contributed by atoms with Crippen LogP contribution in [0, 0.1) is 0 Å². The first-order valence-corrected chi connectivity index (χ1v) is 6.71. The Balaban J connectivity index is 2.15. The number of methoxy groups -OCH3 is 1. The lowest BCUT2D eigenvalue weighted by atomic mass is 10.1. The third kappa shape index (κ3) is 3.55. The van der Waals surface area contributed by atoms with Crippen molar-refractivity contribution in [2.45, 2.75) is 13.0 Å². The molecule has 2 rings (SSSR count). The second-order valence-electron chi connectivity index (χ2n) is 4.27.